The van der Waals surface area contributed by atoms with Gasteiger partial charge in [0.1, 0.15) is 0 Å². The third-order valence-corrected chi connectivity index (χ3v) is 2.35. The van der Waals surface area contributed by atoms with E-state index in [2.05, 4.69) is 37.9 Å². The van der Waals surface area contributed by atoms with Gasteiger partial charge in [-0.3, -0.25) is 4.99 Å². The van der Waals surface area contributed by atoms with E-state index in [4.69, 9.17) is 1.37 Å². The van der Waals surface area contributed by atoms with Crippen LogP contribution in [0.4, 0.5) is 5.69 Å². The molecule has 2 heteroatoms. The summed E-state index contributed by atoms with van der Waals surface area (Å²) in [5.41, 5.74) is 2.27. The Morgan fingerprint density at radius 2 is 2.13 bits per heavy atom. The molecular formula is C13H18N2. The van der Waals surface area contributed by atoms with Crippen molar-refractivity contribution in [1.82, 2.24) is 0 Å². The van der Waals surface area contributed by atoms with Gasteiger partial charge in [-0.25, -0.2) is 0 Å². The van der Waals surface area contributed by atoms with Crippen molar-refractivity contribution in [2.24, 2.45) is 4.99 Å². The van der Waals surface area contributed by atoms with Crippen LogP contribution in [0.1, 0.15) is 27.7 Å². The number of anilines is 1. The van der Waals surface area contributed by atoms with Crippen molar-refractivity contribution in [3.8, 4) is 0 Å². The molecule has 0 spiro atoms. The second-order valence-electron chi connectivity index (χ2n) is 4.84. The van der Waals surface area contributed by atoms with E-state index in [1.807, 2.05) is 23.4 Å². The molecule has 2 rings (SSSR count). The summed E-state index contributed by atoms with van der Waals surface area (Å²) in [7, 11) is 0. The average molecular weight is 203 g/mol. The van der Waals surface area contributed by atoms with Gasteiger partial charge >= 0.3 is 0 Å². The molecule has 15 heavy (non-hydrogen) atoms. The maximum Gasteiger partial charge on any atom is 0.0901 e. The summed E-state index contributed by atoms with van der Waals surface area (Å²) in [6.45, 7) is 5.95. The molecule has 1 aliphatic heterocycles. The normalized spacial score (nSPS) is 21.9. The number of aryl methyl sites for hydroxylation is 1. The van der Waals surface area contributed by atoms with E-state index < -0.39 is 0 Å². The van der Waals surface area contributed by atoms with Gasteiger partial charge in [-0.2, -0.15) is 0 Å². The van der Waals surface area contributed by atoms with Crippen molar-refractivity contribution in [3.05, 3.63) is 29.8 Å². The van der Waals surface area contributed by atoms with E-state index in [0.717, 1.165) is 12.1 Å². The van der Waals surface area contributed by atoms with Crippen LogP contribution in [0.15, 0.2) is 29.3 Å². The molecule has 2 nitrogen and oxygen atoms in total. The number of fused-ring (bicyclic) bond motifs is 1. The lowest BCUT2D eigenvalue weighted by Gasteiger charge is -2.17. The minimum atomic E-state index is -0.233. The smallest absolute Gasteiger partial charge is 0.0901 e. The Morgan fingerprint density at radius 3 is 2.87 bits per heavy atom. The van der Waals surface area contributed by atoms with Crippen molar-refractivity contribution in [1.29, 1.82) is 0 Å². The lowest BCUT2D eigenvalue weighted by atomic mass is 10.1. The first-order valence-corrected chi connectivity index (χ1v) is 5.31. The molecular weight excluding hydrogens is 184 g/mol. The molecule has 1 aromatic rings. The van der Waals surface area contributed by atoms with Gasteiger partial charge in [0, 0.05) is 12.2 Å². The lowest BCUT2D eigenvalue weighted by Crippen LogP contribution is -2.21. The van der Waals surface area contributed by atoms with Gasteiger partial charge in [0.25, 0.3) is 0 Å². The number of aliphatic imine (C=N–C) groups is 1. The molecule has 0 saturated carbocycles. The van der Waals surface area contributed by atoms with Gasteiger partial charge in [0.2, 0.25) is 0 Å². The van der Waals surface area contributed by atoms with E-state index in [0.29, 0.717) is 0 Å². The Morgan fingerprint density at radius 1 is 1.40 bits per heavy atom. The van der Waals surface area contributed by atoms with Gasteiger partial charge < -0.3 is 4.90 Å². The summed E-state index contributed by atoms with van der Waals surface area (Å²) in [5.74, 6) is 0. The highest BCUT2D eigenvalue weighted by molar-refractivity contribution is 5.82. The highest BCUT2D eigenvalue weighted by Gasteiger charge is 2.17. The van der Waals surface area contributed by atoms with Crippen molar-refractivity contribution in [3.63, 3.8) is 0 Å². The zero-order valence-corrected chi connectivity index (χ0v) is 9.57. The number of para-hydroxylation sites is 1. The fraction of sp³-hybridized carbons (Fsp3) is 0.462. The summed E-state index contributed by atoms with van der Waals surface area (Å²) in [5, 5.41) is 0. The van der Waals surface area contributed by atoms with E-state index >= 15 is 0 Å². The summed E-state index contributed by atoms with van der Waals surface area (Å²) in [6.07, 6.45) is 2.59. The Hall–Kier alpha value is -1.31. The molecule has 1 atom stereocenters. The van der Waals surface area contributed by atoms with Crippen molar-refractivity contribution < 1.29 is 1.37 Å². The first-order chi connectivity index (χ1) is 7.47. The molecule has 0 radical (unpaired) electrons. The standard InChI is InChI=1S/C13H18N2/c1-13(2,3)14-10-15-9-8-11-6-4-5-7-12(11)15/h4-7,10H,8-9H2,1-3H3/i9D. The molecule has 0 N–H and O–H groups in total. The molecule has 0 aliphatic carbocycles. The van der Waals surface area contributed by atoms with Gasteiger partial charge in [0.05, 0.1) is 13.2 Å². The predicted molar refractivity (Wildman–Crippen MR) is 65.7 cm³/mol. The highest BCUT2D eigenvalue weighted by atomic mass is 15.2. The Bertz CT molecular complexity index is 407. The molecule has 1 unspecified atom stereocenters. The van der Waals surface area contributed by atoms with Crippen LogP contribution >= 0.6 is 0 Å². The second kappa shape index (κ2) is 3.69. The molecule has 1 aliphatic rings. The summed E-state index contributed by atoms with van der Waals surface area (Å²) >= 11 is 0. The average Bonchev–Trinajstić information content (AvgIpc) is 2.49. The van der Waals surface area contributed by atoms with Crippen molar-refractivity contribution >= 4 is 12.0 Å². The van der Waals surface area contributed by atoms with Crippen LogP contribution in [-0.4, -0.2) is 18.4 Å². The molecule has 0 saturated heterocycles. The zero-order valence-electron chi connectivity index (χ0n) is 10.6. The summed E-state index contributed by atoms with van der Waals surface area (Å²) in [6, 6.07) is 8.17. The molecule has 1 heterocycles. The van der Waals surface area contributed by atoms with Crippen LogP contribution < -0.4 is 4.90 Å². The molecule has 0 aromatic heterocycles. The minimum absolute atomic E-state index is 0.0861. The molecule has 1 aromatic carbocycles. The first kappa shape index (κ1) is 8.96. The van der Waals surface area contributed by atoms with Gasteiger partial charge in [-0.1, -0.05) is 18.2 Å². The number of hydrogen-bond donors (Lipinski definition) is 0. The largest absolute Gasteiger partial charge is 0.332 e. The molecule has 0 fully saturated rings. The van der Waals surface area contributed by atoms with Crippen LogP contribution in [0.5, 0.6) is 0 Å². The molecule has 80 valence electrons. The van der Waals surface area contributed by atoms with Gasteiger partial charge in [-0.15, -0.1) is 0 Å². The zero-order chi connectivity index (χ0) is 11.8. The van der Waals surface area contributed by atoms with Crippen LogP contribution in [0.2, 0.25) is 0 Å². The van der Waals surface area contributed by atoms with E-state index in [9.17, 15) is 0 Å². The van der Waals surface area contributed by atoms with E-state index in [1.165, 1.54) is 5.56 Å². The summed E-state index contributed by atoms with van der Waals surface area (Å²) < 4.78 is 8.02. The van der Waals surface area contributed by atoms with Crippen LogP contribution in [0.3, 0.4) is 0 Å². The fourth-order valence-electron chi connectivity index (χ4n) is 1.58. The monoisotopic (exact) mass is 203 g/mol. The maximum absolute atomic E-state index is 8.02. The summed E-state index contributed by atoms with van der Waals surface area (Å²) in [4.78, 5) is 6.41. The number of rotatable bonds is 1. The highest BCUT2D eigenvalue weighted by Crippen LogP contribution is 2.26. The SMILES string of the molecule is [2H]C1Cc2ccccc2N1C=NC(C)(C)C. The topological polar surface area (TPSA) is 15.6 Å². The van der Waals surface area contributed by atoms with Crippen LogP contribution in [-0.2, 0) is 6.42 Å². The van der Waals surface area contributed by atoms with Crippen molar-refractivity contribution in [2.45, 2.75) is 32.7 Å². The van der Waals surface area contributed by atoms with Crippen LogP contribution in [0, 0.1) is 0 Å². The third-order valence-electron chi connectivity index (χ3n) is 2.35. The maximum atomic E-state index is 8.02. The van der Waals surface area contributed by atoms with Crippen molar-refractivity contribution in [2.75, 3.05) is 11.4 Å². The quantitative estimate of drug-likeness (QED) is 0.506. The first-order valence-electron chi connectivity index (χ1n) is 5.89. The predicted octanol–water partition coefficient (Wildman–Crippen LogP) is 2.88. The third kappa shape index (κ3) is 2.38. The Balaban J connectivity index is 2.26. The Kier molecular flexibility index (Phi) is 2.20. The fourth-order valence-corrected chi connectivity index (χ4v) is 1.58. The lowest BCUT2D eigenvalue weighted by molar-refractivity contribution is 0.585. The van der Waals surface area contributed by atoms with Crippen LogP contribution in [0.25, 0.3) is 0 Å². The van der Waals surface area contributed by atoms with Gasteiger partial charge in [-0.05, 0) is 38.8 Å². The molecule has 0 bridgehead atoms. The van der Waals surface area contributed by atoms with E-state index in [-0.39, 0.29) is 12.1 Å². The number of nitrogens with zero attached hydrogens (tertiary/aromatic N) is 2. The van der Waals surface area contributed by atoms with Gasteiger partial charge in [0.15, 0.2) is 0 Å². The van der Waals surface area contributed by atoms with E-state index in [1.54, 1.807) is 0 Å². The second-order valence-corrected chi connectivity index (χ2v) is 4.84. The number of benzene rings is 1. The minimum Gasteiger partial charge on any atom is -0.332 e. The molecule has 0 amide bonds. The number of hydrogen-bond acceptors (Lipinski definition) is 1. The Labute approximate surface area is 93.0 Å².